The quantitative estimate of drug-likeness (QED) is 0.196. The molecule has 0 spiro atoms. The molecular formula is C23H16BrF2O4PS. The predicted octanol–water partition coefficient (Wildman–Crippen LogP) is 7.07. The molecule has 1 heterocycles. The summed E-state index contributed by atoms with van der Waals surface area (Å²) in [4.78, 5) is 29.2. The Hall–Kier alpha value is -2.22. The Morgan fingerprint density at radius 1 is 1.03 bits per heavy atom. The van der Waals surface area contributed by atoms with Crippen molar-refractivity contribution in [1.82, 2.24) is 0 Å². The second-order valence-electron chi connectivity index (χ2n) is 6.94. The number of carbonyl (C=O) groups excluding carboxylic acids is 1. The van der Waals surface area contributed by atoms with Gasteiger partial charge in [0.25, 0.3) is 0 Å². The molecule has 164 valence electrons. The number of halogens is 3. The zero-order valence-corrected chi connectivity index (χ0v) is 19.6. The van der Waals surface area contributed by atoms with E-state index < -0.39 is 18.9 Å². The van der Waals surface area contributed by atoms with Crippen LogP contribution in [0.3, 0.4) is 0 Å². The monoisotopic (exact) mass is 536 g/mol. The molecule has 0 aliphatic carbocycles. The van der Waals surface area contributed by atoms with Gasteiger partial charge in [0, 0.05) is 15.4 Å². The van der Waals surface area contributed by atoms with Gasteiger partial charge in [-0.15, -0.1) is 11.3 Å². The van der Waals surface area contributed by atoms with Gasteiger partial charge in [-0.3, -0.25) is 4.79 Å². The van der Waals surface area contributed by atoms with Crippen LogP contribution in [0, 0.1) is 0 Å². The summed E-state index contributed by atoms with van der Waals surface area (Å²) in [6.45, 7) is 0.167. The first-order valence-corrected chi connectivity index (χ1v) is 12.2. The van der Waals surface area contributed by atoms with E-state index in [1.807, 2.05) is 54.6 Å². The van der Waals surface area contributed by atoms with Crippen molar-refractivity contribution in [3.63, 3.8) is 0 Å². The maximum atomic E-state index is 14.3. The van der Waals surface area contributed by atoms with Crippen molar-refractivity contribution in [2.75, 3.05) is 0 Å². The molecule has 0 aliphatic heterocycles. The van der Waals surface area contributed by atoms with Crippen LogP contribution in [0.1, 0.15) is 20.8 Å². The molecule has 0 saturated heterocycles. The first kappa shape index (κ1) is 23.0. The van der Waals surface area contributed by atoms with Crippen LogP contribution in [0.4, 0.5) is 8.78 Å². The molecule has 0 atom stereocenters. The van der Waals surface area contributed by atoms with Crippen molar-refractivity contribution in [2.24, 2.45) is 0 Å². The number of carbonyl (C=O) groups is 1. The van der Waals surface area contributed by atoms with Crippen LogP contribution in [0.25, 0.3) is 21.2 Å². The van der Waals surface area contributed by atoms with Gasteiger partial charge >= 0.3 is 5.66 Å². The number of fused-ring (bicyclic) bond motifs is 1. The van der Waals surface area contributed by atoms with Crippen molar-refractivity contribution < 1.29 is 28.1 Å². The Morgan fingerprint density at radius 2 is 1.69 bits per heavy atom. The van der Waals surface area contributed by atoms with E-state index in [-0.39, 0.29) is 22.4 Å². The second-order valence-corrected chi connectivity index (χ2v) is 9.90. The molecule has 4 nitrogen and oxygen atoms in total. The molecule has 0 fully saturated rings. The Kier molecular flexibility index (Phi) is 6.70. The molecule has 1 aromatic heterocycles. The highest BCUT2D eigenvalue weighted by atomic mass is 79.9. The van der Waals surface area contributed by atoms with Gasteiger partial charge in [0.05, 0.1) is 9.58 Å². The van der Waals surface area contributed by atoms with Gasteiger partial charge in [-0.25, -0.2) is 0 Å². The number of ether oxygens (including phenoxy) is 1. The molecule has 4 rings (SSSR count). The fraction of sp³-hybridized carbons (Fsp3) is 0.0870. The van der Waals surface area contributed by atoms with E-state index >= 15 is 0 Å². The predicted molar refractivity (Wildman–Crippen MR) is 126 cm³/mol. The molecule has 2 N–H and O–H groups in total. The van der Waals surface area contributed by atoms with Crippen molar-refractivity contribution in [3.8, 4) is 16.9 Å². The van der Waals surface area contributed by atoms with Crippen LogP contribution in [0.2, 0.25) is 0 Å². The van der Waals surface area contributed by atoms with Crippen LogP contribution in [0.15, 0.2) is 71.2 Å². The Balaban J connectivity index is 1.64. The summed E-state index contributed by atoms with van der Waals surface area (Å²) in [6, 6.07) is 20.6. The minimum atomic E-state index is -3.82. The van der Waals surface area contributed by atoms with Crippen LogP contribution in [-0.4, -0.2) is 16.1 Å². The average molecular weight is 537 g/mol. The molecule has 3 aromatic carbocycles. The lowest BCUT2D eigenvalue weighted by atomic mass is 10.0. The van der Waals surface area contributed by atoms with Gasteiger partial charge < -0.3 is 14.5 Å². The molecule has 9 heteroatoms. The number of alkyl halides is 2. The largest absolute Gasteiger partial charge is 0.487 e. The number of hydrogen-bond acceptors (Lipinski definition) is 5. The molecule has 0 aliphatic rings. The van der Waals surface area contributed by atoms with E-state index in [1.54, 1.807) is 0 Å². The third-order valence-electron chi connectivity index (χ3n) is 4.83. The summed E-state index contributed by atoms with van der Waals surface area (Å²) in [5, 5.41) is 0.348. The lowest BCUT2D eigenvalue weighted by molar-refractivity contribution is 0.0766. The number of thiophene rings is 1. The summed E-state index contributed by atoms with van der Waals surface area (Å²) >= 11 is 3.82. The normalized spacial score (nSPS) is 11.8. The summed E-state index contributed by atoms with van der Waals surface area (Å²) in [7, 11) is -3.52. The topological polar surface area (TPSA) is 66.8 Å². The molecule has 0 saturated carbocycles. The van der Waals surface area contributed by atoms with Gasteiger partial charge in [0.2, 0.25) is 8.38 Å². The van der Waals surface area contributed by atoms with Gasteiger partial charge in [0.15, 0.2) is 0 Å². The summed E-state index contributed by atoms with van der Waals surface area (Å²) < 4.78 is 34.9. The highest BCUT2D eigenvalue weighted by molar-refractivity contribution is 9.10. The molecule has 0 radical (unpaired) electrons. The lowest BCUT2D eigenvalue weighted by Crippen LogP contribution is -2.08. The van der Waals surface area contributed by atoms with Crippen molar-refractivity contribution in [2.45, 2.75) is 12.3 Å². The molecular weight excluding hydrogens is 521 g/mol. The number of rotatable bonds is 7. The van der Waals surface area contributed by atoms with E-state index in [0.29, 0.717) is 27.7 Å². The molecule has 0 amide bonds. The van der Waals surface area contributed by atoms with E-state index in [0.717, 1.165) is 16.7 Å². The fourth-order valence-electron chi connectivity index (χ4n) is 3.21. The molecule has 0 unspecified atom stereocenters. The fourth-order valence-corrected chi connectivity index (χ4v) is 5.99. The summed E-state index contributed by atoms with van der Waals surface area (Å²) in [6.07, 6.45) is 0.605. The Labute approximate surface area is 196 Å². The number of hydrogen-bond donors (Lipinski definition) is 2. The second kappa shape index (κ2) is 9.33. The standard InChI is InChI=1S/C23H16BrF2O4PS/c24-20-18-10-15(12-27)11-19(21(18)32-22(20)23(25,26)31(28)29)30-13-14-6-8-17(9-7-14)16-4-2-1-3-5-16/h1-12,28-29H,13H2. The van der Waals surface area contributed by atoms with Gasteiger partial charge in [-0.2, -0.15) is 8.78 Å². The van der Waals surface area contributed by atoms with Crippen molar-refractivity contribution >= 4 is 52.0 Å². The van der Waals surface area contributed by atoms with Crippen LogP contribution < -0.4 is 4.74 Å². The van der Waals surface area contributed by atoms with Crippen molar-refractivity contribution in [3.05, 3.63) is 87.2 Å². The van der Waals surface area contributed by atoms with Crippen LogP contribution >= 0.6 is 35.6 Å². The maximum Gasteiger partial charge on any atom is 0.349 e. The number of benzene rings is 3. The zero-order chi connectivity index (χ0) is 22.9. The Bertz CT molecular complexity index is 1260. The van der Waals surface area contributed by atoms with Gasteiger partial charge in [-0.05, 0) is 44.8 Å². The highest BCUT2D eigenvalue weighted by Gasteiger charge is 2.45. The minimum Gasteiger partial charge on any atom is -0.487 e. The SMILES string of the molecule is O=Cc1cc(OCc2ccc(-c3ccccc3)cc2)c2sc(C(F)(F)P(O)O)c(Br)c2c1. The first-order valence-electron chi connectivity index (χ1n) is 9.36. The third kappa shape index (κ3) is 4.47. The first-order chi connectivity index (χ1) is 15.3. The van der Waals surface area contributed by atoms with Crippen LogP contribution in [0.5, 0.6) is 5.75 Å². The smallest absolute Gasteiger partial charge is 0.349 e. The lowest BCUT2D eigenvalue weighted by Gasteiger charge is -2.15. The summed E-state index contributed by atoms with van der Waals surface area (Å²) in [5.74, 6) is 0.268. The number of aldehydes is 1. The van der Waals surface area contributed by atoms with Crippen molar-refractivity contribution in [1.29, 1.82) is 0 Å². The van der Waals surface area contributed by atoms with Gasteiger partial charge in [0.1, 0.15) is 18.6 Å². The molecule has 32 heavy (non-hydrogen) atoms. The zero-order valence-electron chi connectivity index (χ0n) is 16.3. The Morgan fingerprint density at radius 3 is 2.31 bits per heavy atom. The third-order valence-corrected chi connectivity index (χ3v) is 8.09. The minimum absolute atomic E-state index is 0.0128. The van der Waals surface area contributed by atoms with E-state index in [1.165, 1.54) is 12.1 Å². The van der Waals surface area contributed by atoms with Crippen LogP contribution in [-0.2, 0) is 12.3 Å². The van der Waals surface area contributed by atoms with E-state index in [2.05, 4.69) is 15.9 Å². The highest BCUT2D eigenvalue weighted by Crippen LogP contribution is 2.58. The van der Waals surface area contributed by atoms with E-state index in [4.69, 9.17) is 4.74 Å². The molecule has 0 bridgehead atoms. The maximum absolute atomic E-state index is 14.3. The molecule has 4 aromatic rings. The van der Waals surface area contributed by atoms with Gasteiger partial charge in [-0.1, -0.05) is 54.6 Å². The summed E-state index contributed by atoms with van der Waals surface area (Å²) in [5.41, 5.74) is -0.549. The average Bonchev–Trinajstić information content (AvgIpc) is 3.15. The van der Waals surface area contributed by atoms with E-state index in [9.17, 15) is 23.4 Å².